The van der Waals surface area contributed by atoms with E-state index in [2.05, 4.69) is 265 Å². The van der Waals surface area contributed by atoms with Gasteiger partial charge in [-0.15, -0.1) is 0 Å². The Balaban J connectivity index is 1.08. The summed E-state index contributed by atoms with van der Waals surface area (Å²) in [5.41, 5.74) is 25.8. The van der Waals surface area contributed by atoms with Crippen LogP contribution in [0, 0.1) is 6.92 Å². The Labute approximate surface area is 449 Å². The Morgan fingerprint density at radius 1 is 0.500 bits per heavy atom. The first-order valence-corrected chi connectivity index (χ1v) is 27.7. The van der Waals surface area contributed by atoms with Crippen LogP contribution in [0.1, 0.15) is 103 Å². The molecule has 4 heterocycles. The van der Waals surface area contributed by atoms with Crippen molar-refractivity contribution in [3.05, 3.63) is 210 Å². The molecule has 4 nitrogen and oxygen atoms in total. The summed E-state index contributed by atoms with van der Waals surface area (Å²) in [4.78, 5) is 7.99. The van der Waals surface area contributed by atoms with Gasteiger partial charge < -0.3 is 19.1 Å². The lowest BCUT2D eigenvalue weighted by Crippen LogP contribution is -2.64. The van der Waals surface area contributed by atoms with Crippen molar-refractivity contribution in [1.82, 2.24) is 0 Å². The third-order valence-corrected chi connectivity index (χ3v) is 18.3. The number of aryl methyl sites for hydroxylation is 1. The predicted octanol–water partition coefficient (Wildman–Crippen LogP) is 17.6. The maximum absolute atomic E-state index is 6.45. The van der Waals surface area contributed by atoms with E-state index in [1.54, 1.807) is 0 Å². The standard InChI is InChI=1S/C71H66BN3O/c1-45-38-62-66-63(39-45)75-67-57(70(8)36-18-19-37-71(70,75)9)40-48(46-20-12-10-13-21-46)41-59(67)72(66)58-33-31-53(44-61(58)74(62)60-34-28-50(69(5,6)7)42-55(60)47-22-14-11-15-23-47)73(51-29-26-49(27-30-51)68(2,3)4)52-32-35-65-56(43-52)54-24-16-17-25-64(54)76-65/h10-17,20-35,38-44H,18-19,36-37H2,1-9H3. The third-order valence-electron chi connectivity index (χ3n) is 18.3. The summed E-state index contributed by atoms with van der Waals surface area (Å²) in [6.45, 7) is 21.4. The lowest BCUT2D eigenvalue weighted by atomic mass is 9.33. The fourth-order valence-corrected chi connectivity index (χ4v) is 14.1. The molecule has 0 bridgehead atoms. The van der Waals surface area contributed by atoms with Crippen molar-refractivity contribution in [3.8, 4) is 22.3 Å². The van der Waals surface area contributed by atoms with Crippen LogP contribution in [0.25, 0.3) is 44.2 Å². The Hall–Kier alpha value is -7.76. The molecule has 1 aliphatic carbocycles. The number of para-hydroxylation sites is 1. The maximum Gasteiger partial charge on any atom is 0.252 e. The van der Waals surface area contributed by atoms with Crippen LogP contribution >= 0.6 is 0 Å². The van der Waals surface area contributed by atoms with Gasteiger partial charge in [0.25, 0.3) is 6.71 Å². The van der Waals surface area contributed by atoms with Gasteiger partial charge in [-0.2, -0.15) is 0 Å². The number of furan rings is 1. The monoisotopic (exact) mass is 988 g/mol. The fourth-order valence-electron chi connectivity index (χ4n) is 14.1. The van der Waals surface area contributed by atoms with Crippen LogP contribution in [0.15, 0.2) is 192 Å². The van der Waals surface area contributed by atoms with Gasteiger partial charge in [0.15, 0.2) is 0 Å². The van der Waals surface area contributed by atoms with E-state index in [1.165, 1.54) is 109 Å². The minimum atomic E-state index is -0.104. The second-order valence-electron chi connectivity index (χ2n) is 25.0. The van der Waals surface area contributed by atoms with E-state index in [0.29, 0.717) is 0 Å². The number of fused-ring (bicyclic) bond motifs is 10. The Bertz CT molecular complexity index is 3970. The van der Waals surface area contributed by atoms with E-state index in [-0.39, 0.29) is 28.5 Å². The molecule has 2 atom stereocenters. The fraction of sp³-hybridized carbons (Fsp3) is 0.239. The zero-order chi connectivity index (χ0) is 52.0. The molecule has 4 aliphatic rings. The normalized spacial score (nSPS) is 18.4. The van der Waals surface area contributed by atoms with Gasteiger partial charge in [0.1, 0.15) is 11.2 Å². The summed E-state index contributed by atoms with van der Waals surface area (Å²) in [5.74, 6) is 0. The van der Waals surface area contributed by atoms with Crippen LogP contribution < -0.4 is 31.1 Å². The molecule has 0 amide bonds. The summed E-state index contributed by atoms with van der Waals surface area (Å²) in [5, 5.41) is 2.22. The second-order valence-corrected chi connectivity index (χ2v) is 25.0. The third kappa shape index (κ3) is 6.89. The number of hydrogen-bond acceptors (Lipinski definition) is 4. The molecule has 5 heteroatoms. The molecule has 1 aromatic heterocycles. The Morgan fingerprint density at radius 2 is 1.13 bits per heavy atom. The van der Waals surface area contributed by atoms with Crippen molar-refractivity contribution in [2.24, 2.45) is 0 Å². The highest BCUT2D eigenvalue weighted by Crippen LogP contribution is 2.62. The van der Waals surface area contributed by atoms with Gasteiger partial charge in [-0.25, -0.2) is 0 Å². The van der Waals surface area contributed by atoms with Crippen molar-refractivity contribution < 1.29 is 4.42 Å². The first kappa shape index (κ1) is 46.8. The molecule has 10 aromatic rings. The van der Waals surface area contributed by atoms with E-state index < -0.39 is 0 Å². The van der Waals surface area contributed by atoms with Crippen LogP contribution in [0.2, 0.25) is 0 Å². The number of benzene rings is 9. The molecule has 76 heavy (non-hydrogen) atoms. The molecule has 1 fully saturated rings. The second kappa shape index (κ2) is 16.6. The van der Waals surface area contributed by atoms with Crippen molar-refractivity contribution >= 4 is 90.5 Å². The molecule has 1 saturated carbocycles. The molecule has 14 rings (SSSR count). The smallest absolute Gasteiger partial charge is 0.252 e. The Kier molecular flexibility index (Phi) is 10.2. The van der Waals surface area contributed by atoms with Crippen molar-refractivity contribution in [3.63, 3.8) is 0 Å². The Morgan fingerprint density at radius 3 is 1.88 bits per heavy atom. The molecule has 0 radical (unpaired) electrons. The quantitative estimate of drug-likeness (QED) is 0.155. The first-order chi connectivity index (χ1) is 36.6. The highest BCUT2D eigenvalue weighted by molar-refractivity contribution is 7.00. The largest absolute Gasteiger partial charge is 0.456 e. The van der Waals surface area contributed by atoms with E-state index in [1.807, 2.05) is 0 Å². The maximum atomic E-state index is 6.45. The average molecular weight is 988 g/mol. The molecule has 0 N–H and O–H groups in total. The molecular formula is C71H66BN3O. The number of anilines is 8. The topological polar surface area (TPSA) is 22.9 Å². The van der Waals surface area contributed by atoms with Crippen LogP contribution in [0.4, 0.5) is 45.5 Å². The van der Waals surface area contributed by atoms with E-state index >= 15 is 0 Å². The SMILES string of the molecule is Cc1cc2c3c(c1)N1c4c(cc(-c5ccccc5)cc4C4(C)CCCCC14C)B3c1ccc(N(c3ccc(C(C)(C)C)cc3)c3ccc4oc5ccccc5c4c3)cc1N2c1ccc(C(C)(C)C)cc1-c1ccccc1. The predicted molar refractivity (Wildman–Crippen MR) is 324 cm³/mol. The van der Waals surface area contributed by atoms with Gasteiger partial charge in [-0.3, -0.25) is 0 Å². The van der Waals surface area contributed by atoms with Crippen molar-refractivity contribution in [1.29, 1.82) is 0 Å². The van der Waals surface area contributed by atoms with Crippen LogP contribution in [0.5, 0.6) is 0 Å². The highest BCUT2D eigenvalue weighted by Gasteiger charge is 2.61. The molecule has 0 saturated heterocycles. The van der Waals surface area contributed by atoms with Gasteiger partial charge in [-0.1, -0.05) is 171 Å². The first-order valence-electron chi connectivity index (χ1n) is 27.7. The minimum absolute atomic E-state index is 0.00780. The van der Waals surface area contributed by atoms with Gasteiger partial charge in [0.2, 0.25) is 0 Å². The summed E-state index contributed by atoms with van der Waals surface area (Å²) in [7, 11) is 0. The summed E-state index contributed by atoms with van der Waals surface area (Å²) in [6, 6.07) is 71.5. The molecule has 9 aromatic carbocycles. The van der Waals surface area contributed by atoms with Gasteiger partial charge in [-0.05, 0) is 172 Å². The van der Waals surface area contributed by atoms with Crippen molar-refractivity contribution in [2.45, 2.75) is 110 Å². The van der Waals surface area contributed by atoms with E-state index in [9.17, 15) is 0 Å². The number of hydrogen-bond donors (Lipinski definition) is 0. The number of rotatable bonds is 6. The van der Waals surface area contributed by atoms with Gasteiger partial charge >= 0.3 is 0 Å². The summed E-state index contributed by atoms with van der Waals surface area (Å²) >= 11 is 0. The van der Waals surface area contributed by atoms with E-state index in [4.69, 9.17) is 4.42 Å². The summed E-state index contributed by atoms with van der Waals surface area (Å²) in [6.07, 6.45) is 4.79. The molecule has 374 valence electrons. The van der Waals surface area contributed by atoms with Crippen molar-refractivity contribution in [2.75, 3.05) is 14.7 Å². The molecule has 0 spiro atoms. The average Bonchev–Trinajstić information content (AvgIpc) is 4.02. The lowest BCUT2D eigenvalue weighted by molar-refractivity contribution is 0.195. The molecule has 2 unspecified atom stereocenters. The molecular weight excluding hydrogens is 922 g/mol. The zero-order valence-corrected chi connectivity index (χ0v) is 45.6. The lowest BCUT2D eigenvalue weighted by Gasteiger charge is -2.53. The molecule has 3 aliphatic heterocycles. The van der Waals surface area contributed by atoms with Crippen LogP contribution in [-0.4, -0.2) is 12.3 Å². The van der Waals surface area contributed by atoms with Gasteiger partial charge in [0, 0.05) is 61.6 Å². The van der Waals surface area contributed by atoms with Crippen LogP contribution in [0.3, 0.4) is 0 Å². The van der Waals surface area contributed by atoms with E-state index in [0.717, 1.165) is 45.4 Å². The van der Waals surface area contributed by atoms with Gasteiger partial charge in [0.05, 0.1) is 11.2 Å². The number of nitrogens with zero attached hydrogens (tertiary/aromatic N) is 3. The highest BCUT2D eigenvalue weighted by atomic mass is 16.3. The zero-order valence-electron chi connectivity index (χ0n) is 45.6. The van der Waals surface area contributed by atoms with Crippen LogP contribution in [-0.2, 0) is 16.2 Å². The summed E-state index contributed by atoms with van der Waals surface area (Å²) < 4.78 is 6.45. The minimum Gasteiger partial charge on any atom is -0.456 e.